The second-order valence-electron chi connectivity index (χ2n) is 7.95. The first kappa shape index (κ1) is 18.4. The van der Waals surface area contributed by atoms with Gasteiger partial charge in [-0.1, -0.05) is 45.0 Å². The second-order valence-corrected chi connectivity index (χ2v) is 9.96. The van der Waals surface area contributed by atoms with E-state index in [9.17, 15) is 8.42 Å². The SMILES string of the molecule is CC(C)(C)c1ccc(CCS(=O)(=O)N2CCOCC2(C)C)cc1. The Hall–Kier alpha value is -0.910. The molecule has 0 aromatic heterocycles. The quantitative estimate of drug-likeness (QED) is 0.847. The van der Waals surface area contributed by atoms with Gasteiger partial charge in [0.05, 0.1) is 24.5 Å². The molecule has 0 atom stereocenters. The van der Waals surface area contributed by atoms with E-state index in [1.54, 1.807) is 4.31 Å². The summed E-state index contributed by atoms with van der Waals surface area (Å²) in [6, 6.07) is 8.28. The minimum Gasteiger partial charge on any atom is -0.378 e. The number of aryl methyl sites for hydroxylation is 1. The molecule has 0 bridgehead atoms. The molecule has 0 aliphatic carbocycles. The van der Waals surface area contributed by atoms with Crippen molar-refractivity contribution in [3.8, 4) is 0 Å². The fraction of sp³-hybridized carbons (Fsp3) is 0.667. The van der Waals surface area contributed by atoms with E-state index in [1.807, 2.05) is 26.0 Å². The lowest BCUT2D eigenvalue weighted by Gasteiger charge is -2.40. The summed E-state index contributed by atoms with van der Waals surface area (Å²) >= 11 is 0. The molecule has 0 amide bonds. The van der Waals surface area contributed by atoms with Crippen molar-refractivity contribution in [2.24, 2.45) is 0 Å². The maximum atomic E-state index is 12.7. The van der Waals surface area contributed by atoms with Crippen LogP contribution in [0.25, 0.3) is 0 Å². The third-order valence-electron chi connectivity index (χ3n) is 4.37. The van der Waals surface area contributed by atoms with Gasteiger partial charge in [0.25, 0.3) is 0 Å². The Morgan fingerprint density at radius 1 is 1.17 bits per heavy atom. The van der Waals surface area contributed by atoms with Gasteiger partial charge >= 0.3 is 0 Å². The zero-order valence-corrected chi connectivity index (χ0v) is 15.7. The van der Waals surface area contributed by atoms with Crippen molar-refractivity contribution in [2.45, 2.75) is 52.0 Å². The summed E-state index contributed by atoms with van der Waals surface area (Å²) in [5, 5.41) is 0. The van der Waals surface area contributed by atoms with Gasteiger partial charge in [-0.2, -0.15) is 4.31 Å². The van der Waals surface area contributed by atoms with Crippen molar-refractivity contribution in [1.82, 2.24) is 4.31 Å². The molecule has 5 heteroatoms. The van der Waals surface area contributed by atoms with Crippen LogP contribution in [0, 0.1) is 0 Å². The summed E-state index contributed by atoms with van der Waals surface area (Å²) < 4.78 is 32.4. The van der Waals surface area contributed by atoms with Crippen molar-refractivity contribution in [2.75, 3.05) is 25.5 Å². The number of hydrogen-bond donors (Lipinski definition) is 0. The molecule has 1 aliphatic heterocycles. The van der Waals surface area contributed by atoms with E-state index >= 15 is 0 Å². The van der Waals surface area contributed by atoms with E-state index in [2.05, 4.69) is 32.9 Å². The van der Waals surface area contributed by atoms with E-state index < -0.39 is 15.6 Å². The Morgan fingerprint density at radius 3 is 2.30 bits per heavy atom. The number of rotatable bonds is 4. The van der Waals surface area contributed by atoms with Crippen LogP contribution in [0.5, 0.6) is 0 Å². The van der Waals surface area contributed by atoms with Crippen molar-refractivity contribution in [3.63, 3.8) is 0 Å². The number of sulfonamides is 1. The predicted octanol–water partition coefficient (Wildman–Crippen LogP) is 2.97. The lowest BCUT2D eigenvalue weighted by atomic mass is 9.86. The lowest BCUT2D eigenvalue weighted by molar-refractivity contribution is -0.00767. The molecule has 0 saturated carbocycles. The fourth-order valence-electron chi connectivity index (χ4n) is 2.89. The number of benzene rings is 1. The van der Waals surface area contributed by atoms with Crippen LogP contribution in [0.1, 0.15) is 45.7 Å². The van der Waals surface area contributed by atoms with Gasteiger partial charge in [0.2, 0.25) is 10.0 Å². The van der Waals surface area contributed by atoms with Gasteiger partial charge in [0.15, 0.2) is 0 Å². The lowest BCUT2D eigenvalue weighted by Crippen LogP contribution is -2.56. The van der Waals surface area contributed by atoms with Gasteiger partial charge in [0, 0.05) is 6.54 Å². The molecular weight excluding hydrogens is 310 g/mol. The molecule has 0 unspecified atom stereocenters. The fourth-order valence-corrected chi connectivity index (χ4v) is 4.76. The van der Waals surface area contributed by atoms with Crippen LogP contribution in [-0.4, -0.2) is 43.8 Å². The Labute approximate surface area is 140 Å². The van der Waals surface area contributed by atoms with Crippen LogP contribution in [-0.2, 0) is 26.6 Å². The molecule has 0 spiro atoms. The standard InChI is InChI=1S/C18H29NO3S/c1-17(2,3)16-8-6-15(7-9-16)10-13-23(20,21)19-11-12-22-14-18(19,4)5/h6-9H,10-14H2,1-5H3. The number of ether oxygens (including phenoxy) is 1. The highest BCUT2D eigenvalue weighted by Crippen LogP contribution is 2.25. The van der Waals surface area contributed by atoms with Crippen molar-refractivity contribution in [1.29, 1.82) is 0 Å². The molecular formula is C18H29NO3S. The summed E-state index contributed by atoms with van der Waals surface area (Å²) in [7, 11) is -3.27. The molecule has 1 saturated heterocycles. The Bertz CT molecular complexity index is 627. The van der Waals surface area contributed by atoms with E-state index in [1.165, 1.54) is 5.56 Å². The third kappa shape index (κ3) is 4.55. The van der Waals surface area contributed by atoms with Gasteiger partial charge in [-0.3, -0.25) is 0 Å². The zero-order chi connectivity index (χ0) is 17.3. The molecule has 1 aliphatic rings. The maximum Gasteiger partial charge on any atom is 0.215 e. The molecule has 0 radical (unpaired) electrons. The van der Waals surface area contributed by atoms with Crippen molar-refractivity contribution in [3.05, 3.63) is 35.4 Å². The van der Waals surface area contributed by atoms with Crippen LogP contribution >= 0.6 is 0 Å². The van der Waals surface area contributed by atoms with Crippen molar-refractivity contribution < 1.29 is 13.2 Å². The van der Waals surface area contributed by atoms with E-state index in [-0.39, 0.29) is 11.2 Å². The predicted molar refractivity (Wildman–Crippen MR) is 94.2 cm³/mol. The highest BCUT2D eigenvalue weighted by molar-refractivity contribution is 7.89. The van der Waals surface area contributed by atoms with E-state index in [0.29, 0.717) is 26.2 Å². The Morgan fingerprint density at radius 2 is 1.78 bits per heavy atom. The molecule has 1 aromatic carbocycles. The maximum absolute atomic E-state index is 12.7. The smallest absolute Gasteiger partial charge is 0.215 e. The first-order chi connectivity index (χ1) is 10.5. The Kier molecular flexibility index (Phi) is 5.24. The number of morpholine rings is 1. The normalized spacial score (nSPS) is 19.7. The summed E-state index contributed by atoms with van der Waals surface area (Å²) in [4.78, 5) is 0. The molecule has 0 N–H and O–H groups in total. The largest absolute Gasteiger partial charge is 0.378 e. The second kappa shape index (κ2) is 6.54. The van der Waals surface area contributed by atoms with Crippen LogP contribution < -0.4 is 0 Å². The van der Waals surface area contributed by atoms with Gasteiger partial charge in [-0.05, 0) is 36.8 Å². The van der Waals surface area contributed by atoms with Gasteiger partial charge in [-0.15, -0.1) is 0 Å². The van der Waals surface area contributed by atoms with Gasteiger partial charge in [0.1, 0.15) is 0 Å². The average Bonchev–Trinajstić information content (AvgIpc) is 2.44. The molecule has 1 aromatic rings. The highest BCUT2D eigenvalue weighted by Gasteiger charge is 2.38. The topological polar surface area (TPSA) is 46.6 Å². The number of hydrogen-bond acceptors (Lipinski definition) is 3. The van der Waals surface area contributed by atoms with Crippen LogP contribution in [0.4, 0.5) is 0 Å². The summed E-state index contributed by atoms with van der Waals surface area (Å²) in [5.74, 6) is 0.144. The van der Waals surface area contributed by atoms with Gasteiger partial charge in [-0.25, -0.2) is 8.42 Å². The van der Waals surface area contributed by atoms with Crippen LogP contribution in [0.2, 0.25) is 0 Å². The number of nitrogens with zero attached hydrogens (tertiary/aromatic N) is 1. The molecule has 130 valence electrons. The molecule has 4 nitrogen and oxygen atoms in total. The summed E-state index contributed by atoms with van der Waals surface area (Å²) in [6.45, 7) is 11.7. The van der Waals surface area contributed by atoms with Crippen LogP contribution in [0.3, 0.4) is 0 Å². The molecule has 2 rings (SSSR count). The van der Waals surface area contributed by atoms with Crippen LogP contribution in [0.15, 0.2) is 24.3 Å². The first-order valence-corrected chi connectivity index (χ1v) is 9.81. The third-order valence-corrected chi connectivity index (χ3v) is 6.44. The van der Waals surface area contributed by atoms with Gasteiger partial charge < -0.3 is 4.74 Å². The average molecular weight is 340 g/mol. The summed E-state index contributed by atoms with van der Waals surface area (Å²) in [6.07, 6.45) is 0.542. The molecule has 23 heavy (non-hydrogen) atoms. The van der Waals surface area contributed by atoms with Crippen molar-refractivity contribution >= 4 is 10.0 Å². The molecule has 1 fully saturated rings. The minimum absolute atomic E-state index is 0.114. The first-order valence-electron chi connectivity index (χ1n) is 8.20. The van der Waals surface area contributed by atoms with E-state index in [4.69, 9.17) is 4.74 Å². The molecule has 1 heterocycles. The monoisotopic (exact) mass is 339 g/mol. The summed E-state index contributed by atoms with van der Waals surface area (Å²) in [5.41, 5.74) is 1.97. The highest BCUT2D eigenvalue weighted by atomic mass is 32.2. The van der Waals surface area contributed by atoms with E-state index in [0.717, 1.165) is 5.56 Å². The zero-order valence-electron chi connectivity index (χ0n) is 14.9. The Balaban J connectivity index is 2.04. The minimum atomic E-state index is -3.27.